The van der Waals surface area contributed by atoms with Crippen LogP contribution in [0.1, 0.15) is 17.3 Å². The minimum Gasteiger partial charge on any atom is -0.326 e. The summed E-state index contributed by atoms with van der Waals surface area (Å²) in [7, 11) is 0. The highest BCUT2D eigenvalue weighted by atomic mass is 16.2. The molecule has 0 unspecified atom stereocenters. The molecule has 0 aliphatic rings. The zero-order chi connectivity index (χ0) is 19.4. The molecule has 2 aromatic carbocycles. The fraction of sp³-hybridized carbons (Fsp3) is 0.0526. The molecule has 8 heteroatoms. The van der Waals surface area contributed by atoms with Gasteiger partial charge in [0.2, 0.25) is 5.91 Å². The summed E-state index contributed by atoms with van der Waals surface area (Å²) in [5.74, 6) is -0.925. The van der Waals surface area contributed by atoms with E-state index in [2.05, 4.69) is 15.6 Å². The van der Waals surface area contributed by atoms with Crippen LogP contribution in [0.15, 0.2) is 70.4 Å². The number of H-pyrrole nitrogens is 1. The number of nitrogens with one attached hydrogen (secondary N) is 3. The molecule has 3 N–H and O–H groups in total. The predicted molar refractivity (Wildman–Crippen MR) is 101 cm³/mol. The highest BCUT2D eigenvalue weighted by Gasteiger charge is 2.16. The van der Waals surface area contributed by atoms with Crippen molar-refractivity contribution in [3.8, 4) is 5.69 Å². The molecule has 0 aliphatic heterocycles. The number of aromatic amines is 1. The first-order valence-corrected chi connectivity index (χ1v) is 8.05. The van der Waals surface area contributed by atoms with E-state index in [-0.39, 0.29) is 11.5 Å². The third-order valence-corrected chi connectivity index (χ3v) is 3.68. The topological polar surface area (TPSA) is 113 Å². The van der Waals surface area contributed by atoms with Crippen molar-refractivity contribution < 1.29 is 9.59 Å². The van der Waals surface area contributed by atoms with Crippen LogP contribution in [0.4, 0.5) is 11.4 Å². The Morgan fingerprint density at radius 1 is 0.926 bits per heavy atom. The molecule has 0 atom stereocenters. The molecule has 3 rings (SSSR count). The number of nitrogens with zero attached hydrogens (tertiary/aromatic N) is 1. The average molecular weight is 364 g/mol. The summed E-state index contributed by atoms with van der Waals surface area (Å²) in [6.45, 7) is 1.37. The summed E-state index contributed by atoms with van der Waals surface area (Å²) >= 11 is 0. The van der Waals surface area contributed by atoms with Gasteiger partial charge in [-0.25, -0.2) is 9.36 Å². The smallest absolute Gasteiger partial charge is 0.326 e. The van der Waals surface area contributed by atoms with Crippen molar-refractivity contribution in [2.24, 2.45) is 0 Å². The lowest BCUT2D eigenvalue weighted by atomic mass is 10.2. The van der Waals surface area contributed by atoms with Crippen LogP contribution < -0.4 is 21.9 Å². The van der Waals surface area contributed by atoms with Crippen LogP contribution in [0.5, 0.6) is 0 Å². The number of amides is 2. The van der Waals surface area contributed by atoms with Gasteiger partial charge in [-0.1, -0.05) is 24.3 Å². The molecule has 0 saturated heterocycles. The van der Waals surface area contributed by atoms with Crippen molar-refractivity contribution in [2.75, 3.05) is 10.6 Å². The van der Waals surface area contributed by atoms with Gasteiger partial charge in [-0.2, -0.15) is 0 Å². The maximum atomic E-state index is 12.7. The monoisotopic (exact) mass is 364 g/mol. The first kappa shape index (κ1) is 17.9. The summed E-state index contributed by atoms with van der Waals surface area (Å²) < 4.78 is 0.892. The number of hydrogen-bond acceptors (Lipinski definition) is 4. The van der Waals surface area contributed by atoms with E-state index in [1.165, 1.54) is 6.92 Å². The minimum atomic E-state index is -0.736. The Morgan fingerprint density at radius 2 is 1.59 bits per heavy atom. The maximum absolute atomic E-state index is 12.7. The van der Waals surface area contributed by atoms with E-state index in [4.69, 9.17) is 0 Å². The molecule has 0 radical (unpaired) electrons. The Balaban J connectivity index is 1.94. The van der Waals surface area contributed by atoms with Gasteiger partial charge < -0.3 is 15.6 Å². The first-order valence-electron chi connectivity index (χ1n) is 8.05. The van der Waals surface area contributed by atoms with Crippen molar-refractivity contribution in [1.82, 2.24) is 9.55 Å². The molecule has 3 aromatic rings. The third-order valence-electron chi connectivity index (χ3n) is 3.68. The number of aromatic nitrogens is 2. The normalized spacial score (nSPS) is 10.3. The Morgan fingerprint density at radius 3 is 2.26 bits per heavy atom. The van der Waals surface area contributed by atoms with Gasteiger partial charge in [-0.05, 0) is 30.3 Å². The van der Waals surface area contributed by atoms with E-state index in [0.29, 0.717) is 17.1 Å². The quantitative estimate of drug-likeness (QED) is 0.654. The molecule has 0 saturated carbocycles. The molecule has 0 bridgehead atoms. The van der Waals surface area contributed by atoms with E-state index in [0.717, 1.165) is 10.8 Å². The van der Waals surface area contributed by atoms with Crippen molar-refractivity contribution in [1.29, 1.82) is 0 Å². The van der Waals surface area contributed by atoms with Crippen LogP contribution in [0.2, 0.25) is 0 Å². The zero-order valence-corrected chi connectivity index (χ0v) is 14.4. The van der Waals surface area contributed by atoms with Gasteiger partial charge in [0.1, 0.15) is 5.56 Å². The minimum absolute atomic E-state index is 0.219. The lowest BCUT2D eigenvalue weighted by Gasteiger charge is -2.09. The summed E-state index contributed by atoms with van der Waals surface area (Å²) in [5.41, 5.74) is -0.350. The standard InChI is InChI=1S/C19H16N4O4/c1-12(24)21-13-6-5-7-14(10-13)22-17(25)16-11-20-19(27)23(18(16)26)15-8-3-2-4-9-15/h2-11H,1H3,(H,20,27)(H,21,24)(H,22,25). The molecule has 8 nitrogen and oxygen atoms in total. The largest absolute Gasteiger partial charge is 0.333 e. The summed E-state index contributed by atoms with van der Waals surface area (Å²) in [6, 6.07) is 14.8. The molecule has 2 amide bonds. The highest BCUT2D eigenvalue weighted by molar-refractivity contribution is 6.04. The third kappa shape index (κ3) is 4.01. The van der Waals surface area contributed by atoms with Crippen molar-refractivity contribution >= 4 is 23.2 Å². The number of anilines is 2. The first-order chi connectivity index (χ1) is 13.0. The van der Waals surface area contributed by atoms with Crippen LogP contribution in [0.3, 0.4) is 0 Å². The SMILES string of the molecule is CC(=O)Nc1cccc(NC(=O)c2c[nH]c(=O)n(-c3ccccc3)c2=O)c1. The van der Waals surface area contributed by atoms with Crippen LogP contribution in [-0.2, 0) is 4.79 Å². The molecule has 136 valence electrons. The Labute approximate surface area is 153 Å². The Kier molecular flexibility index (Phi) is 4.98. The highest BCUT2D eigenvalue weighted by Crippen LogP contribution is 2.15. The van der Waals surface area contributed by atoms with E-state index in [1.807, 2.05) is 0 Å². The van der Waals surface area contributed by atoms with E-state index < -0.39 is 17.2 Å². The lowest BCUT2D eigenvalue weighted by Crippen LogP contribution is -2.38. The van der Waals surface area contributed by atoms with Gasteiger partial charge in [0, 0.05) is 24.5 Å². The number of rotatable bonds is 4. The van der Waals surface area contributed by atoms with E-state index in [1.54, 1.807) is 54.6 Å². The molecule has 27 heavy (non-hydrogen) atoms. The second-order valence-electron chi connectivity index (χ2n) is 5.70. The van der Waals surface area contributed by atoms with Crippen molar-refractivity contribution in [3.05, 3.63) is 87.2 Å². The van der Waals surface area contributed by atoms with Crippen molar-refractivity contribution in [2.45, 2.75) is 6.92 Å². The van der Waals surface area contributed by atoms with Crippen LogP contribution in [-0.4, -0.2) is 21.4 Å². The van der Waals surface area contributed by atoms with Crippen LogP contribution >= 0.6 is 0 Å². The fourth-order valence-corrected chi connectivity index (χ4v) is 2.52. The molecule has 1 heterocycles. The number of carbonyl (C=O) groups excluding carboxylic acids is 2. The van der Waals surface area contributed by atoms with Gasteiger partial charge in [-0.3, -0.25) is 14.4 Å². The number of hydrogen-bond donors (Lipinski definition) is 3. The number of benzene rings is 2. The second kappa shape index (κ2) is 7.52. The molecular weight excluding hydrogens is 348 g/mol. The molecule has 0 aliphatic carbocycles. The van der Waals surface area contributed by atoms with E-state index >= 15 is 0 Å². The Bertz CT molecular complexity index is 1120. The lowest BCUT2D eigenvalue weighted by molar-refractivity contribution is -0.114. The van der Waals surface area contributed by atoms with Gasteiger partial charge in [-0.15, -0.1) is 0 Å². The summed E-state index contributed by atoms with van der Waals surface area (Å²) in [4.78, 5) is 50.8. The number of carbonyl (C=O) groups is 2. The molecule has 0 fully saturated rings. The van der Waals surface area contributed by atoms with Gasteiger partial charge in [0.05, 0.1) is 5.69 Å². The van der Waals surface area contributed by atoms with Crippen molar-refractivity contribution in [3.63, 3.8) is 0 Å². The second-order valence-corrected chi connectivity index (χ2v) is 5.70. The van der Waals surface area contributed by atoms with Gasteiger partial charge in [0.15, 0.2) is 0 Å². The van der Waals surface area contributed by atoms with Gasteiger partial charge >= 0.3 is 5.69 Å². The van der Waals surface area contributed by atoms with Crippen LogP contribution in [0, 0.1) is 0 Å². The van der Waals surface area contributed by atoms with E-state index in [9.17, 15) is 19.2 Å². The average Bonchev–Trinajstić information content (AvgIpc) is 2.62. The summed E-state index contributed by atoms with van der Waals surface area (Å²) in [6.07, 6.45) is 1.08. The predicted octanol–water partition coefficient (Wildman–Crippen LogP) is 1.74. The molecule has 0 spiro atoms. The Hall–Kier alpha value is -3.94. The van der Waals surface area contributed by atoms with Gasteiger partial charge in [0.25, 0.3) is 11.5 Å². The zero-order valence-electron chi connectivity index (χ0n) is 14.4. The van der Waals surface area contributed by atoms with Crippen LogP contribution in [0.25, 0.3) is 5.69 Å². The molecular formula is C19H16N4O4. The number of para-hydroxylation sites is 1. The fourth-order valence-electron chi connectivity index (χ4n) is 2.52. The summed E-state index contributed by atoms with van der Waals surface area (Å²) in [5, 5.41) is 5.19. The molecule has 1 aromatic heterocycles. The maximum Gasteiger partial charge on any atom is 0.333 e.